The van der Waals surface area contributed by atoms with Crippen LogP contribution in [-0.2, 0) is 9.59 Å². The van der Waals surface area contributed by atoms with Gasteiger partial charge in [0.15, 0.2) is 0 Å². The number of nitrogens with one attached hydrogen (secondary N) is 2. The Morgan fingerprint density at radius 3 is 2.65 bits per heavy atom. The fourth-order valence-electron chi connectivity index (χ4n) is 3.25. The molecule has 0 spiro atoms. The summed E-state index contributed by atoms with van der Waals surface area (Å²) in [6, 6.07) is 19.4. The van der Waals surface area contributed by atoms with Crippen LogP contribution in [-0.4, -0.2) is 23.3 Å². The SMILES string of the molecule is O=C(CNC(=O)[C@H]1C[C@@H]1c1ccccc1)Nc1cccc2cccnc12. The molecule has 0 saturated heterocycles. The zero-order valence-corrected chi connectivity index (χ0v) is 14.2. The molecule has 2 amide bonds. The number of pyridine rings is 1. The fourth-order valence-corrected chi connectivity index (χ4v) is 3.25. The molecule has 0 aliphatic heterocycles. The molecule has 26 heavy (non-hydrogen) atoms. The number of carbonyl (C=O) groups excluding carboxylic acids is 2. The largest absolute Gasteiger partial charge is 0.347 e. The first-order valence-corrected chi connectivity index (χ1v) is 8.68. The van der Waals surface area contributed by atoms with E-state index >= 15 is 0 Å². The molecule has 1 aromatic heterocycles. The average molecular weight is 345 g/mol. The lowest BCUT2D eigenvalue weighted by molar-refractivity contribution is -0.125. The molecule has 1 saturated carbocycles. The van der Waals surface area contributed by atoms with Crippen LogP contribution in [0.5, 0.6) is 0 Å². The van der Waals surface area contributed by atoms with Gasteiger partial charge in [-0.3, -0.25) is 14.6 Å². The van der Waals surface area contributed by atoms with Gasteiger partial charge in [0.05, 0.1) is 17.7 Å². The van der Waals surface area contributed by atoms with Crippen LogP contribution in [0.4, 0.5) is 5.69 Å². The molecule has 1 fully saturated rings. The van der Waals surface area contributed by atoms with Crippen molar-refractivity contribution in [2.75, 3.05) is 11.9 Å². The number of aromatic nitrogens is 1. The molecule has 0 radical (unpaired) electrons. The zero-order chi connectivity index (χ0) is 17.9. The van der Waals surface area contributed by atoms with Gasteiger partial charge in [0.25, 0.3) is 0 Å². The number of nitrogens with zero attached hydrogens (tertiary/aromatic N) is 1. The third-order valence-electron chi connectivity index (χ3n) is 4.68. The molecule has 4 rings (SSSR count). The summed E-state index contributed by atoms with van der Waals surface area (Å²) in [5.41, 5.74) is 2.57. The van der Waals surface area contributed by atoms with Gasteiger partial charge in [0.2, 0.25) is 11.8 Å². The molecule has 5 heteroatoms. The van der Waals surface area contributed by atoms with E-state index in [-0.39, 0.29) is 30.2 Å². The van der Waals surface area contributed by atoms with Gasteiger partial charge in [-0.15, -0.1) is 0 Å². The minimum Gasteiger partial charge on any atom is -0.347 e. The third-order valence-corrected chi connectivity index (χ3v) is 4.68. The highest BCUT2D eigenvalue weighted by Crippen LogP contribution is 2.47. The number of fused-ring (bicyclic) bond motifs is 1. The third kappa shape index (κ3) is 3.42. The number of benzene rings is 2. The van der Waals surface area contributed by atoms with Crippen LogP contribution in [0.2, 0.25) is 0 Å². The molecule has 130 valence electrons. The lowest BCUT2D eigenvalue weighted by Crippen LogP contribution is -2.34. The number of amides is 2. The van der Waals surface area contributed by atoms with E-state index in [4.69, 9.17) is 0 Å². The van der Waals surface area contributed by atoms with Gasteiger partial charge in [0, 0.05) is 17.5 Å². The summed E-state index contributed by atoms with van der Waals surface area (Å²) in [5.74, 6) is -0.0931. The Bertz CT molecular complexity index is 950. The van der Waals surface area contributed by atoms with E-state index in [0.717, 1.165) is 17.3 Å². The maximum absolute atomic E-state index is 12.3. The van der Waals surface area contributed by atoms with Crippen molar-refractivity contribution in [3.8, 4) is 0 Å². The molecule has 0 bridgehead atoms. The van der Waals surface area contributed by atoms with Crippen molar-refractivity contribution in [2.45, 2.75) is 12.3 Å². The number of hydrogen-bond acceptors (Lipinski definition) is 3. The van der Waals surface area contributed by atoms with Gasteiger partial charge in [-0.05, 0) is 30.0 Å². The molecule has 1 heterocycles. The van der Waals surface area contributed by atoms with Crippen molar-refractivity contribution in [1.29, 1.82) is 0 Å². The van der Waals surface area contributed by atoms with Crippen molar-refractivity contribution in [1.82, 2.24) is 10.3 Å². The van der Waals surface area contributed by atoms with Crippen molar-refractivity contribution < 1.29 is 9.59 Å². The first-order chi connectivity index (χ1) is 12.7. The van der Waals surface area contributed by atoms with Crippen molar-refractivity contribution in [3.63, 3.8) is 0 Å². The minimum atomic E-state index is -0.256. The number of para-hydroxylation sites is 1. The Hall–Kier alpha value is -3.21. The van der Waals surface area contributed by atoms with Crippen LogP contribution in [0.25, 0.3) is 10.9 Å². The first kappa shape index (κ1) is 16.3. The maximum Gasteiger partial charge on any atom is 0.243 e. The van der Waals surface area contributed by atoms with Gasteiger partial charge in [0.1, 0.15) is 0 Å². The molecule has 1 aliphatic rings. The number of anilines is 1. The fraction of sp³-hybridized carbons (Fsp3) is 0.190. The Morgan fingerprint density at radius 1 is 1.00 bits per heavy atom. The Labute approximate surface area is 151 Å². The second kappa shape index (κ2) is 6.96. The van der Waals surface area contributed by atoms with Crippen LogP contribution in [0.3, 0.4) is 0 Å². The summed E-state index contributed by atoms with van der Waals surface area (Å²) in [5, 5.41) is 6.52. The molecule has 2 atom stereocenters. The van der Waals surface area contributed by atoms with Gasteiger partial charge < -0.3 is 10.6 Å². The smallest absolute Gasteiger partial charge is 0.243 e. The van der Waals surface area contributed by atoms with Gasteiger partial charge in [-0.25, -0.2) is 0 Å². The molecule has 5 nitrogen and oxygen atoms in total. The van der Waals surface area contributed by atoms with Crippen molar-refractivity contribution in [2.24, 2.45) is 5.92 Å². The summed E-state index contributed by atoms with van der Waals surface area (Å²) >= 11 is 0. The van der Waals surface area contributed by atoms with E-state index in [2.05, 4.69) is 15.6 Å². The van der Waals surface area contributed by atoms with E-state index in [1.165, 1.54) is 5.56 Å². The van der Waals surface area contributed by atoms with Crippen molar-refractivity contribution in [3.05, 3.63) is 72.4 Å². The molecular weight excluding hydrogens is 326 g/mol. The van der Waals surface area contributed by atoms with E-state index in [9.17, 15) is 9.59 Å². The lowest BCUT2D eigenvalue weighted by Gasteiger charge is -2.09. The number of hydrogen-bond donors (Lipinski definition) is 2. The Balaban J connectivity index is 1.32. The quantitative estimate of drug-likeness (QED) is 0.746. The van der Waals surface area contributed by atoms with Crippen molar-refractivity contribution >= 4 is 28.4 Å². The lowest BCUT2D eigenvalue weighted by atomic mass is 10.1. The first-order valence-electron chi connectivity index (χ1n) is 8.68. The van der Waals surface area contributed by atoms with E-state index < -0.39 is 0 Å². The van der Waals surface area contributed by atoms with Gasteiger partial charge in [-0.1, -0.05) is 48.5 Å². The van der Waals surface area contributed by atoms with E-state index in [1.807, 2.05) is 54.6 Å². The minimum absolute atomic E-state index is 0.0376. The summed E-state index contributed by atoms with van der Waals surface area (Å²) < 4.78 is 0. The predicted molar refractivity (Wildman–Crippen MR) is 101 cm³/mol. The topological polar surface area (TPSA) is 71.1 Å². The second-order valence-corrected chi connectivity index (χ2v) is 6.51. The van der Waals surface area contributed by atoms with E-state index in [1.54, 1.807) is 12.3 Å². The summed E-state index contributed by atoms with van der Waals surface area (Å²) in [7, 11) is 0. The summed E-state index contributed by atoms with van der Waals surface area (Å²) in [4.78, 5) is 28.8. The zero-order valence-electron chi connectivity index (χ0n) is 14.2. The Kier molecular flexibility index (Phi) is 4.35. The molecule has 0 unspecified atom stereocenters. The standard InChI is InChI=1S/C21H19N3O2/c25-19(24-18-10-4-8-15-9-5-11-22-20(15)18)13-23-21(26)17-12-16(17)14-6-2-1-3-7-14/h1-11,16-17H,12-13H2,(H,23,26)(H,24,25)/t16-,17+/m1/s1. The number of rotatable bonds is 5. The molecular formula is C21H19N3O2. The van der Waals surface area contributed by atoms with Gasteiger partial charge >= 0.3 is 0 Å². The van der Waals surface area contributed by atoms with Crippen LogP contribution < -0.4 is 10.6 Å². The van der Waals surface area contributed by atoms with Crippen LogP contribution in [0.15, 0.2) is 66.9 Å². The van der Waals surface area contributed by atoms with E-state index in [0.29, 0.717) is 5.69 Å². The second-order valence-electron chi connectivity index (χ2n) is 6.51. The van der Waals surface area contributed by atoms with Gasteiger partial charge in [-0.2, -0.15) is 0 Å². The molecule has 3 aromatic rings. The highest BCUT2D eigenvalue weighted by molar-refractivity contribution is 6.02. The highest BCUT2D eigenvalue weighted by Gasteiger charge is 2.43. The normalized spacial score (nSPS) is 18.3. The van der Waals surface area contributed by atoms with Crippen LogP contribution in [0.1, 0.15) is 17.9 Å². The predicted octanol–water partition coefficient (Wildman–Crippen LogP) is 3.09. The monoisotopic (exact) mass is 345 g/mol. The molecule has 2 aromatic carbocycles. The van der Waals surface area contributed by atoms with Crippen LogP contribution >= 0.6 is 0 Å². The Morgan fingerprint density at radius 2 is 1.81 bits per heavy atom. The summed E-state index contributed by atoms with van der Waals surface area (Å²) in [6.07, 6.45) is 2.53. The average Bonchev–Trinajstić information content (AvgIpc) is 3.48. The molecule has 1 aliphatic carbocycles. The number of carbonyl (C=O) groups is 2. The highest BCUT2D eigenvalue weighted by atomic mass is 16.2. The maximum atomic E-state index is 12.3. The van der Waals surface area contributed by atoms with Crippen LogP contribution in [0, 0.1) is 5.92 Å². The summed E-state index contributed by atoms with van der Waals surface area (Å²) in [6.45, 7) is -0.0416. The molecule has 2 N–H and O–H groups in total.